The quantitative estimate of drug-likeness (QED) is 0.844. The lowest BCUT2D eigenvalue weighted by molar-refractivity contribution is -0.274. The van der Waals surface area contributed by atoms with Crippen molar-refractivity contribution in [2.24, 2.45) is 7.05 Å². The number of rotatable bonds is 5. The van der Waals surface area contributed by atoms with Crippen LogP contribution >= 0.6 is 0 Å². The summed E-state index contributed by atoms with van der Waals surface area (Å²) in [5.41, 5.74) is 0.662. The number of aryl methyl sites for hydroxylation is 1. The molecule has 0 bridgehead atoms. The van der Waals surface area contributed by atoms with Gasteiger partial charge in [-0.2, -0.15) is 0 Å². The molecule has 2 atom stereocenters. The highest BCUT2D eigenvalue weighted by molar-refractivity contribution is 7.84. The van der Waals surface area contributed by atoms with Gasteiger partial charge < -0.3 is 9.30 Å². The molecule has 0 amide bonds. The Morgan fingerprint density at radius 3 is 2.45 bits per heavy atom. The minimum atomic E-state index is -4.72. The van der Waals surface area contributed by atoms with Crippen LogP contribution < -0.4 is 4.74 Å². The van der Waals surface area contributed by atoms with Crippen molar-refractivity contribution in [1.82, 2.24) is 14.8 Å². The molecule has 0 spiro atoms. The number of aromatic nitrogens is 3. The van der Waals surface area contributed by atoms with E-state index in [1.807, 2.05) is 0 Å². The molecule has 0 saturated heterocycles. The number of hydrogen-bond acceptors (Lipinski definition) is 4. The fourth-order valence-corrected chi connectivity index (χ4v) is 3.01. The topological polar surface area (TPSA) is 57.0 Å². The number of nitrogens with zero attached hydrogens (tertiary/aromatic N) is 3. The van der Waals surface area contributed by atoms with E-state index in [1.54, 1.807) is 18.5 Å². The monoisotopic (exact) mass is 333 g/mol. The molecule has 0 saturated carbocycles. The predicted octanol–water partition coefficient (Wildman–Crippen LogP) is 2.72. The van der Waals surface area contributed by atoms with E-state index in [0.29, 0.717) is 11.4 Å². The standard InChI is InChI=1S/C13H14F3N3O2S/c1-9(22(20)7-12-18-17-8-19(12)2)10-3-5-11(6-4-10)21-13(14,15)16/h3-6,8-9H,7H2,1-2H3/t9-,22-/m1/s1. The van der Waals surface area contributed by atoms with E-state index in [9.17, 15) is 17.4 Å². The van der Waals surface area contributed by atoms with E-state index in [-0.39, 0.29) is 16.8 Å². The van der Waals surface area contributed by atoms with Crippen LogP contribution in [-0.2, 0) is 23.6 Å². The average molecular weight is 333 g/mol. The number of hydrogen-bond donors (Lipinski definition) is 0. The zero-order valence-electron chi connectivity index (χ0n) is 11.9. The molecule has 2 rings (SSSR count). The Kier molecular flexibility index (Phi) is 4.84. The van der Waals surface area contributed by atoms with Crippen LogP contribution in [0.1, 0.15) is 23.6 Å². The fourth-order valence-electron chi connectivity index (χ4n) is 1.78. The zero-order valence-corrected chi connectivity index (χ0v) is 12.7. The van der Waals surface area contributed by atoms with Gasteiger partial charge in [0.25, 0.3) is 0 Å². The molecule has 2 aromatic rings. The molecule has 1 aromatic heterocycles. The molecule has 0 radical (unpaired) electrons. The normalized spacial score (nSPS) is 14.6. The molecule has 0 fully saturated rings. The summed E-state index contributed by atoms with van der Waals surface area (Å²) in [5.74, 6) is 0.503. The lowest BCUT2D eigenvalue weighted by atomic mass is 10.2. The summed E-state index contributed by atoms with van der Waals surface area (Å²) in [7, 11) is 0.483. The van der Waals surface area contributed by atoms with E-state index >= 15 is 0 Å². The van der Waals surface area contributed by atoms with E-state index < -0.39 is 17.2 Å². The van der Waals surface area contributed by atoms with Crippen molar-refractivity contribution in [3.05, 3.63) is 42.0 Å². The first kappa shape index (κ1) is 16.5. The van der Waals surface area contributed by atoms with Crippen molar-refractivity contribution in [1.29, 1.82) is 0 Å². The second-order valence-corrected chi connectivity index (χ2v) is 6.40. The van der Waals surface area contributed by atoms with Crippen molar-refractivity contribution in [3.63, 3.8) is 0 Å². The van der Waals surface area contributed by atoms with Crippen molar-refractivity contribution >= 4 is 10.8 Å². The van der Waals surface area contributed by atoms with Crippen LogP contribution in [0.2, 0.25) is 0 Å². The fraction of sp³-hybridized carbons (Fsp3) is 0.385. The minimum Gasteiger partial charge on any atom is -0.406 e. The number of ether oxygens (including phenoxy) is 1. The molecule has 0 aliphatic heterocycles. The molecular weight excluding hydrogens is 319 g/mol. The lowest BCUT2D eigenvalue weighted by Crippen LogP contribution is -2.17. The molecule has 0 aliphatic carbocycles. The highest BCUT2D eigenvalue weighted by Gasteiger charge is 2.31. The summed E-state index contributed by atoms with van der Waals surface area (Å²) in [5, 5.41) is 7.22. The van der Waals surface area contributed by atoms with Gasteiger partial charge >= 0.3 is 6.36 Å². The van der Waals surface area contributed by atoms with Gasteiger partial charge in [0, 0.05) is 17.8 Å². The third-order valence-corrected chi connectivity index (χ3v) is 4.66. The summed E-state index contributed by atoms with van der Waals surface area (Å²) >= 11 is 0. The third kappa shape index (κ3) is 4.30. The minimum absolute atomic E-state index is 0.221. The second-order valence-electron chi connectivity index (χ2n) is 4.64. The van der Waals surface area contributed by atoms with Crippen molar-refractivity contribution < 1.29 is 22.1 Å². The van der Waals surface area contributed by atoms with Crippen molar-refractivity contribution in [2.75, 3.05) is 0 Å². The van der Waals surface area contributed by atoms with E-state index in [1.165, 1.54) is 30.6 Å². The Labute approximate surface area is 127 Å². The maximum absolute atomic E-state index is 12.3. The second kappa shape index (κ2) is 6.47. The summed E-state index contributed by atoms with van der Waals surface area (Å²) in [6.07, 6.45) is -3.21. The molecule has 0 unspecified atom stereocenters. The Morgan fingerprint density at radius 2 is 1.95 bits per heavy atom. The highest BCUT2D eigenvalue weighted by Crippen LogP contribution is 2.26. The first-order valence-electron chi connectivity index (χ1n) is 6.32. The van der Waals surface area contributed by atoms with Gasteiger partial charge in [0.05, 0.1) is 11.0 Å². The highest BCUT2D eigenvalue weighted by atomic mass is 32.2. The molecular formula is C13H14F3N3O2S. The van der Waals surface area contributed by atoms with Gasteiger partial charge in [0.15, 0.2) is 0 Å². The van der Waals surface area contributed by atoms with Gasteiger partial charge in [-0.25, -0.2) is 0 Å². The molecule has 22 heavy (non-hydrogen) atoms. The Balaban J connectivity index is 2.04. The van der Waals surface area contributed by atoms with Crippen LogP contribution in [0.15, 0.2) is 30.6 Å². The number of alkyl halides is 3. The van der Waals surface area contributed by atoms with Gasteiger partial charge in [-0.15, -0.1) is 23.4 Å². The van der Waals surface area contributed by atoms with Crippen LogP contribution in [0.25, 0.3) is 0 Å². The summed E-state index contributed by atoms with van der Waals surface area (Å²) in [6.45, 7) is 1.74. The van der Waals surface area contributed by atoms with E-state index in [0.717, 1.165) is 0 Å². The number of halogens is 3. The van der Waals surface area contributed by atoms with Gasteiger partial charge in [-0.3, -0.25) is 4.21 Å². The summed E-state index contributed by atoms with van der Waals surface area (Å²) in [4.78, 5) is 0. The van der Waals surface area contributed by atoms with Gasteiger partial charge in [-0.1, -0.05) is 12.1 Å². The molecule has 120 valence electrons. The van der Waals surface area contributed by atoms with Crippen LogP contribution in [0.4, 0.5) is 13.2 Å². The maximum Gasteiger partial charge on any atom is 0.573 e. The summed E-state index contributed by atoms with van der Waals surface area (Å²) < 4.78 is 54.0. The smallest absolute Gasteiger partial charge is 0.406 e. The van der Waals surface area contributed by atoms with Crippen LogP contribution in [0.5, 0.6) is 5.75 Å². The molecule has 5 nitrogen and oxygen atoms in total. The molecule has 1 heterocycles. The largest absolute Gasteiger partial charge is 0.573 e. The van der Waals surface area contributed by atoms with E-state index in [2.05, 4.69) is 14.9 Å². The van der Waals surface area contributed by atoms with Crippen molar-refractivity contribution in [2.45, 2.75) is 24.3 Å². The Hall–Kier alpha value is -1.90. The molecule has 9 heteroatoms. The van der Waals surface area contributed by atoms with Crippen molar-refractivity contribution in [3.8, 4) is 5.75 Å². The van der Waals surface area contributed by atoms with Gasteiger partial charge in [0.2, 0.25) is 0 Å². The molecule has 1 aromatic carbocycles. The number of benzene rings is 1. The first-order chi connectivity index (χ1) is 10.3. The SMILES string of the molecule is C[C@H](c1ccc(OC(F)(F)F)cc1)[S@](=O)Cc1nncn1C. The lowest BCUT2D eigenvalue weighted by Gasteiger charge is -2.13. The zero-order chi connectivity index (χ0) is 16.3. The average Bonchev–Trinajstić information content (AvgIpc) is 2.82. The van der Waals surface area contributed by atoms with Gasteiger partial charge in [-0.05, 0) is 24.6 Å². The first-order valence-corrected chi connectivity index (χ1v) is 7.70. The van der Waals surface area contributed by atoms with Crippen LogP contribution in [0, 0.1) is 0 Å². The third-order valence-electron chi connectivity index (χ3n) is 3.05. The molecule has 0 aliphatic rings. The predicted molar refractivity (Wildman–Crippen MR) is 74.4 cm³/mol. The van der Waals surface area contributed by atoms with Gasteiger partial charge in [0.1, 0.15) is 17.9 Å². The van der Waals surface area contributed by atoms with Crippen LogP contribution in [-0.4, -0.2) is 25.3 Å². The Morgan fingerprint density at radius 1 is 1.32 bits per heavy atom. The molecule has 0 N–H and O–H groups in total. The Bertz CT molecular complexity index is 655. The summed E-state index contributed by atoms with van der Waals surface area (Å²) in [6, 6.07) is 5.36. The van der Waals surface area contributed by atoms with Crippen LogP contribution in [0.3, 0.4) is 0 Å². The maximum atomic E-state index is 12.3. The van der Waals surface area contributed by atoms with E-state index in [4.69, 9.17) is 0 Å².